The number of aryl methyl sites for hydroxylation is 1. The van der Waals surface area contributed by atoms with Gasteiger partial charge in [-0.2, -0.15) is 0 Å². The van der Waals surface area contributed by atoms with E-state index in [4.69, 9.17) is 26.4 Å². The van der Waals surface area contributed by atoms with E-state index in [9.17, 15) is 14.4 Å². The number of carbonyl (C=O) groups excluding carboxylic acids is 3. The van der Waals surface area contributed by atoms with Crippen molar-refractivity contribution in [3.8, 4) is 0 Å². The van der Waals surface area contributed by atoms with E-state index in [2.05, 4.69) is 18.5 Å². The van der Waals surface area contributed by atoms with Crippen molar-refractivity contribution >= 4 is 40.9 Å². The number of thiocarbonyl (C=S) groups is 1. The molecular weight excluding hydrogens is 420 g/mol. The summed E-state index contributed by atoms with van der Waals surface area (Å²) in [6, 6.07) is 4.08. The van der Waals surface area contributed by atoms with Crippen LogP contribution in [-0.4, -0.2) is 59.8 Å². The minimum Gasteiger partial charge on any atom is -0.482 e. The minimum atomic E-state index is -0.825. The second kappa shape index (κ2) is 11.3. The van der Waals surface area contributed by atoms with Crippen molar-refractivity contribution in [1.29, 1.82) is 0 Å². The maximum Gasteiger partial charge on any atom is 0.410 e. The van der Waals surface area contributed by atoms with Gasteiger partial charge in [-0.25, -0.2) is 9.59 Å². The van der Waals surface area contributed by atoms with Crippen LogP contribution in [0.2, 0.25) is 0 Å². The molecule has 1 aromatic carbocycles. The van der Waals surface area contributed by atoms with Crippen LogP contribution in [-0.2, 0) is 19.0 Å². The van der Waals surface area contributed by atoms with E-state index in [-0.39, 0.29) is 26.2 Å². The molecule has 31 heavy (non-hydrogen) atoms. The molecule has 1 aliphatic heterocycles. The maximum absolute atomic E-state index is 13.0. The average molecular weight is 447 g/mol. The number of likely N-dealkylation sites (tertiary alicyclic amines) is 1. The molecule has 0 unspecified atom stereocenters. The number of anilines is 1. The Morgan fingerprint density at radius 1 is 1.23 bits per heavy atom. The lowest BCUT2D eigenvalue weighted by Gasteiger charge is -2.22. The summed E-state index contributed by atoms with van der Waals surface area (Å²) in [4.78, 5) is 38.9. The topological polar surface area (TPSA) is 94.2 Å². The Kier molecular flexibility index (Phi) is 8.75. The summed E-state index contributed by atoms with van der Waals surface area (Å²) in [7, 11) is 0. The molecule has 166 valence electrons. The van der Waals surface area contributed by atoms with Gasteiger partial charge in [-0.3, -0.25) is 9.69 Å². The van der Waals surface area contributed by atoms with Crippen LogP contribution in [0.15, 0.2) is 43.5 Å². The molecule has 0 radical (unpaired) electrons. The summed E-state index contributed by atoms with van der Waals surface area (Å²) in [5.41, 5.74) is 1.43. The van der Waals surface area contributed by atoms with Crippen molar-refractivity contribution in [2.75, 3.05) is 25.1 Å². The van der Waals surface area contributed by atoms with Gasteiger partial charge in [0, 0.05) is 19.0 Å². The number of benzene rings is 1. The van der Waals surface area contributed by atoms with Crippen molar-refractivity contribution in [3.05, 3.63) is 54.6 Å². The Morgan fingerprint density at radius 2 is 1.90 bits per heavy atom. The van der Waals surface area contributed by atoms with Crippen molar-refractivity contribution in [2.24, 2.45) is 0 Å². The second-order valence-corrected chi connectivity index (χ2v) is 7.48. The molecule has 9 heteroatoms. The molecule has 1 fully saturated rings. The Balaban J connectivity index is 2.18. The first kappa shape index (κ1) is 24.1. The fourth-order valence-corrected chi connectivity index (χ4v) is 3.27. The highest BCUT2D eigenvalue weighted by molar-refractivity contribution is 7.80. The molecule has 8 nitrogen and oxygen atoms in total. The van der Waals surface area contributed by atoms with Crippen molar-refractivity contribution < 1.29 is 28.6 Å². The number of amides is 2. The first-order valence-corrected chi connectivity index (χ1v) is 10.1. The average Bonchev–Trinajstić information content (AvgIpc) is 3.14. The highest BCUT2D eigenvalue weighted by Gasteiger charge is 2.41. The third kappa shape index (κ3) is 6.65. The number of nitrogens with one attached hydrogen (secondary N) is 1. The fourth-order valence-electron chi connectivity index (χ4n) is 3.14. The Morgan fingerprint density at radius 3 is 2.55 bits per heavy atom. The molecule has 0 aliphatic carbocycles. The van der Waals surface area contributed by atoms with Crippen LogP contribution >= 0.6 is 12.2 Å². The largest absolute Gasteiger partial charge is 0.482 e. The minimum absolute atomic E-state index is 0.0233. The molecule has 1 aliphatic rings. The van der Waals surface area contributed by atoms with E-state index in [1.165, 1.54) is 23.1 Å². The van der Waals surface area contributed by atoms with Gasteiger partial charge in [-0.15, -0.1) is 0 Å². The first-order chi connectivity index (χ1) is 14.8. The van der Waals surface area contributed by atoms with Crippen LogP contribution in [0.25, 0.3) is 0 Å². The van der Waals surface area contributed by atoms with E-state index in [1.54, 1.807) is 26.0 Å². The van der Waals surface area contributed by atoms with Gasteiger partial charge in [0.25, 0.3) is 0 Å². The predicted molar refractivity (Wildman–Crippen MR) is 120 cm³/mol. The van der Waals surface area contributed by atoms with Gasteiger partial charge in [-0.1, -0.05) is 31.4 Å². The molecule has 1 heterocycles. The zero-order chi connectivity index (χ0) is 23.0. The predicted octanol–water partition coefficient (Wildman–Crippen LogP) is 3.41. The number of hydrogen-bond acceptors (Lipinski definition) is 7. The lowest BCUT2D eigenvalue weighted by Crippen LogP contribution is -2.43. The zero-order valence-corrected chi connectivity index (χ0v) is 18.4. The summed E-state index contributed by atoms with van der Waals surface area (Å²) in [6.45, 7) is 10.7. The molecule has 2 rings (SSSR count). The smallest absolute Gasteiger partial charge is 0.410 e. The van der Waals surface area contributed by atoms with Crippen LogP contribution in [0.3, 0.4) is 0 Å². The van der Waals surface area contributed by atoms with E-state index in [0.29, 0.717) is 21.9 Å². The molecule has 1 N–H and O–H groups in total. The highest BCUT2D eigenvalue weighted by Crippen LogP contribution is 2.24. The molecule has 1 saturated heterocycles. The third-order valence-corrected chi connectivity index (χ3v) is 4.61. The van der Waals surface area contributed by atoms with Gasteiger partial charge in [0.1, 0.15) is 25.4 Å². The van der Waals surface area contributed by atoms with Crippen molar-refractivity contribution in [1.82, 2.24) is 4.90 Å². The number of esters is 1. The highest BCUT2D eigenvalue weighted by atomic mass is 32.1. The lowest BCUT2D eigenvalue weighted by molar-refractivity contribution is -0.120. The van der Waals surface area contributed by atoms with E-state index in [1.807, 2.05) is 0 Å². The van der Waals surface area contributed by atoms with Gasteiger partial charge in [-0.05, 0) is 36.8 Å². The van der Waals surface area contributed by atoms with Crippen molar-refractivity contribution in [2.45, 2.75) is 32.4 Å². The third-order valence-electron chi connectivity index (χ3n) is 4.51. The normalized spacial score (nSPS) is 17.4. The summed E-state index contributed by atoms with van der Waals surface area (Å²) < 4.78 is 15.7. The summed E-state index contributed by atoms with van der Waals surface area (Å²) in [5, 5.41) is 3.08. The van der Waals surface area contributed by atoms with Gasteiger partial charge < -0.3 is 19.5 Å². The zero-order valence-electron chi connectivity index (χ0n) is 17.6. The maximum atomic E-state index is 13.0. The van der Waals surface area contributed by atoms with Crippen LogP contribution in [0.5, 0.6) is 0 Å². The van der Waals surface area contributed by atoms with Gasteiger partial charge in [0.2, 0.25) is 5.91 Å². The van der Waals surface area contributed by atoms with Gasteiger partial charge >= 0.3 is 12.1 Å². The number of rotatable bonds is 8. The SMILES string of the molecule is C=CCOC(=O)c1cc(NC(=O)[C@@H]2C[C@H](OC(C)=S)CN2C(=O)OCC=C)ccc1C. The van der Waals surface area contributed by atoms with E-state index >= 15 is 0 Å². The molecule has 0 saturated carbocycles. The lowest BCUT2D eigenvalue weighted by atomic mass is 10.1. The number of nitrogens with zero attached hydrogens (tertiary/aromatic N) is 1. The Hall–Kier alpha value is -3.20. The monoisotopic (exact) mass is 446 g/mol. The standard InChI is InChI=1S/C22H26N2O6S/c1-5-9-28-21(26)18-11-16(8-7-14(18)3)23-20(25)19-12-17(30-15(4)31)13-24(19)22(27)29-10-6-2/h5-8,11,17,19H,1-2,9-10,12-13H2,3-4H3,(H,23,25)/t17-,19-/m0/s1. The van der Waals surface area contributed by atoms with Crippen LogP contribution in [0, 0.1) is 6.92 Å². The summed E-state index contributed by atoms with van der Waals surface area (Å²) in [6.07, 6.45) is 2.10. The van der Waals surface area contributed by atoms with E-state index < -0.39 is 30.1 Å². The second-order valence-electron chi connectivity index (χ2n) is 6.91. The summed E-state index contributed by atoms with van der Waals surface area (Å²) in [5.74, 6) is -0.952. The van der Waals surface area contributed by atoms with Crippen LogP contribution in [0.1, 0.15) is 29.3 Å². The number of carbonyl (C=O) groups is 3. The molecule has 2 atom stereocenters. The number of ether oxygens (including phenoxy) is 3. The van der Waals surface area contributed by atoms with E-state index in [0.717, 1.165) is 0 Å². The van der Waals surface area contributed by atoms with Gasteiger partial charge in [0.05, 0.1) is 12.1 Å². The Bertz CT molecular complexity index is 885. The molecule has 0 spiro atoms. The first-order valence-electron chi connectivity index (χ1n) is 9.67. The van der Waals surface area contributed by atoms with Crippen LogP contribution in [0.4, 0.5) is 10.5 Å². The molecule has 2 amide bonds. The molecular formula is C22H26N2O6S. The van der Waals surface area contributed by atoms with Crippen LogP contribution < -0.4 is 5.32 Å². The van der Waals surface area contributed by atoms with Gasteiger partial charge in [0.15, 0.2) is 5.05 Å². The summed E-state index contributed by atoms with van der Waals surface area (Å²) >= 11 is 4.98. The Labute approximate surface area is 186 Å². The quantitative estimate of drug-likeness (QED) is 0.372. The number of hydrogen-bond donors (Lipinski definition) is 1. The molecule has 1 aromatic rings. The molecule has 0 aromatic heterocycles. The molecule has 0 bridgehead atoms. The van der Waals surface area contributed by atoms with Crippen molar-refractivity contribution in [3.63, 3.8) is 0 Å². The fraction of sp³-hybridized carbons (Fsp3) is 0.364.